The molecule has 0 radical (unpaired) electrons. The zero-order valence-electron chi connectivity index (χ0n) is 12.3. The first-order chi connectivity index (χ1) is 11.1. The molecule has 0 saturated heterocycles. The van der Waals surface area contributed by atoms with E-state index >= 15 is 0 Å². The number of hydrogen-bond acceptors (Lipinski definition) is 3. The minimum atomic E-state index is -0.0563. The van der Waals surface area contributed by atoms with E-state index in [0.717, 1.165) is 16.7 Å². The molecule has 0 saturated carbocycles. The molecule has 0 amide bonds. The molecule has 3 nitrogen and oxygen atoms in total. The molecule has 0 atom stereocenters. The molecule has 0 aliphatic carbocycles. The van der Waals surface area contributed by atoms with E-state index in [1.165, 1.54) is 10.9 Å². The van der Waals surface area contributed by atoms with Crippen molar-refractivity contribution in [1.29, 1.82) is 0 Å². The van der Waals surface area contributed by atoms with Crippen molar-refractivity contribution in [1.82, 2.24) is 0 Å². The van der Waals surface area contributed by atoms with Gasteiger partial charge in [-0.1, -0.05) is 30.3 Å². The van der Waals surface area contributed by atoms with Crippen molar-refractivity contribution in [2.75, 3.05) is 0 Å². The van der Waals surface area contributed by atoms with E-state index < -0.39 is 0 Å². The molecule has 4 heteroatoms. The summed E-state index contributed by atoms with van der Waals surface area (Å²) in [6, 6.07) is 14.2. The standard InChI is InChI=1S/C19H16O3S/c20-16-6-1-13(2-7-16)19(14-3-8-17(21)9-4-14)15-5-10-18(22)12-23-11-15/h1-12,19-22H. The van der Waals surface area contributed by atoms with Crippen LogP contribution in [0.15, 0.2) is 72.0 Å². The van der Waals surface area contributed by atoms with Crippen molar-refractivity contribution >= 4 is 21.7 Å². The van der Waals surface area contributed by atoms with Crippen LogP contribution in [0.25, 0.3) is 0 Å². The number of phenols is 2. The summed E-state index contributed by atoms with van der Waals surface area (Å²) >= 11 is 0. The first-order valence-corrected chi connectivity index (χ1v) is 8.08. The van der Waals surface area contributed by atoms with E-state index in [9.17, 15) is 15.3 Å². The van der Waals surface area contributed by atoms with Gasteiger partial charge in [-0.05, 0) is 52.4 Å². The van der Waals surface area contributed by atoms with E-state index in [-0.39, 0.29) is 23.2 Å². The van der Waals surface area contributed by atoms with Crippen LogP contribution in [-0.4, -0.2) is 26.1 Å². The van der Waals surface area contributed by atoms with E-state index in [1.807, 2.05) is 35.7 Å². The largest absolute Gasteiger partial charge is 0.508 e. The summed E-state index contributed by atoms with van der Waals surface area (Å²) in [5, 5.41) is 32.4. The number of hydrogen-bond donors (Lipinski definition) is 3. The second-order valence-electron chi connectivity index (χ2n) is 5.25. The minimum Gasteiger partial charge on any atom is -0.508 e. The predicted molar refractivity (Wildman–Crippen MR) is 96.6 cm³/mol. The lowest BCUT2D eigenvalue weighted by Gasteiger charge is -2.19. The van der Waals surface area contributed by atoms with Gasteiger partial charge in [0.1, 0.15) is 17.3 Å². The lowest BCUT2D eigenvalue weighted by atomic mass is 9.85. The molecule has 0 bridgehead atoms. The summed E-state index contributed by atoms with van der Waals surface area (Å²) in [7, 11) is 1.42. The maximum atomic E-state index is 9.66. The van der Waals surface area contributed by atoms with Crippen LogP contribution in [0.2, 0.25) is 0 Å². The molecule has 116 valence electrons. The molecule has 1 heterocycles. The van der Waals surface area contributed by atoms with Gasteiger partial charge >= 0.3 is 0 Å². The zero-order valence-corrected chi connectivity index (χ0v) is 13.1. The third-order valence-electron chi connectivity index (χ3n) is 3.63. The van der Waals surface area contributed by atoms with Gasteiger partial charge in [0, 0.05) is 11.3 Å². The Bertz CT molecular complexity index is 778. The summed E-state index contributed by atoms with van der Waals surface area (Å²) in [5.41, 5.74) is 3.06. The average molecular weight is 324 g/mol. The van der Waals surface area contributed by atoms with Crippen LogP contribution in [0.3, 0.4) is 0 Å². The number of aliphatic hydroxyl groups excluding tert-OH is 1. The Hall–Kier alpha value is -2.72. The van der Waals surface area contributed by atoms with Crippen molar-refractivity contribution in [2.24, 2.45) is 0 Å². The van der Waals surface area contributed by atoms with Crippen molar-refractivity contribution in [3.05, 3.63) is 83.1 Å². The number of benzene rings is 2. The summed E-state index contributed by atoms with van der Waals surface area (Å²) in [6.07, 6.45) is 3.55. The second-order valence-corrected chi connectivity index (χ2v) is 5.99. The summed E-state index contributed by atoms with van der Waals surface area (Å²) in [6.45, 7) is 0. The number of rotatable bonds is 3. The molecule has 0 unspecified atom stereocenters. The molecule has 0 aromatic heterocycles. The zero-order chi connectivity index (χ0) is 16.2. The van der Waals surface area contributed by atoms with E-state index in [4.69, 9.17) is 0 Å². The molecule has 3 rings (SSSR count). The smallest absolute Gasteiger partial charge is 0.125 e. The van der Waals surface area contributed by atoms with Gasteiger partial charge in [0.15, 0.2) is 0 Å². The lowest BCUT2D eigenvalue weighted by molar-refractivity contribution is 0.448. The monoisotopic (exact) mass is 324 g/mol. The number of phenolic OH excluding ortho intramolecular Hbond substituents is 2. The van der Waals surface area contributed by atoms with Gasteiger partial charge in [0.25, 0.3) is 0 Å². The molecule has 1 aliphatic heterocycles. The van der Waals surface area contributed by atoms with E-state index in [0.29, 0.717) is 0 Å². The van der Waals surface area contributed by atoms with Crippen LogP contribution < -0.4 is 0 Å². The lowest BCUT2D eigenvalue weighted by Crippen LogP contribution is -2.05. The van der Waals surface area contributed by atoms with Crippen molar-refractivity contribution in [3.63, 3.8) is 0 Å². The van der Waals surface area contributed by atoms with Gasteiger partial charge in [0.05, 0.1) is 0 Å². The quantitative estimate of drug-likeness (QED) is 0.749. The Morgan fingerprint density at radius 1 is 0.652 bits per heavy atom. The van der Waals surface area contributed by atoms with Gasteiger partial charge in [-0.2, -0.15) is 0 Å². The molecule has 23 heavy (non-hydrogen) atoms. The number of allylic oxidation sites excluding steroid dienone is 4. The first-order valence-electron chi connectivity index (χ1n) is 7.14. The van der Waals surface area contributed by atoms with Crippen molar-refractivity contribution in [3.8, 4) is 11.5 Å². The number of aliphatic hydroxyl groups is 1. The number of aromatic hydroxyl groups is 2. The molecule has 2 aromatic rings. The normalized spacial score (nSPS) is 14.0. The third kappa shape index (κ3) is 3.55. The second kappa shape index (κ2) is 6.58. The van der Waals surface area contributed by atoms with Gasteiger partial charge in [-0.25, -0.2) is 0 Å². The summed E-state index contributed by atoms with van der Waals surface area (Å²) in [5.74, 6) is 0.602. The molecule has 1 aliphatic rings. The Kier molecular flexibility index (Phi) is 4.35. The molecular weight excluding hydrogens is 308 g/mol. The molecule has 0 fully saturated rings. The summed E-state index contributed by atoms with van der Waals surface area (Å²) < 4.78 is 0. The van der Waals surface area contributed by atoms with E-state index in [1.54, 1.807) is 35.7 Å². The van der Waals surface area contributed by atoms with Crippen LogP contribution >= 0.6 is 10.9 Å². The SMILES string of the molecule is OC1=CC=C(C(c2ccc(O)cc2)c2ccc(O)cc2)C=S=C1. The maximum Gasteiger partial charge on any atom is 0.125 e. The molecule has 0 spiro atoms. The van der Waals surface area contributed by atoms with Crippen molar-refractivity contribution < 1.29 is 15.3 Å². The molecule has 2 aromatic carbocycles. The Labute approximate surface area is 138 Å². The van der Waals surface area contributed by atoms with Crippen LogP contribution in [0.1, 0.15) is 17.0 Å². The van der Waals surface area contributed by atoms with Crippen LogP contribution in [0, 0.1) is 0 Å². The van der Waals surface area contributed by atoms with Gasteiger partial charge in [0.2, 0.25) is 0 Å². The maximum absolute atomic E-state index is 9.66. The molecular formula is C19H16O3S. The Morgan fingerprint density at radius 2 is 1.17 bits per heavy atom. The van der Waals surface area contributed by atoms with Crippen LogP contribution in [0.4, 0.5) is 0 Å². The third-order valence-corrected chi connectivity index (χ3v) is 4.41. The van der Waals surface area contributed by atoms with Crippen LogP contribution in [-0.2, 0) is 0 Å². The Morgan fingerprint density at radius 3 is 1.70 bits per heavy atom. The molecule has 3 N–H and O–H groups in total. The average Bonchev–Trinajstić information content (AvgIpc) is 2.76. The highest BCUT2D eigenvalue weighted by atomic mass is 32.1. The fourth-order valence-electron chi connectivity index (χ4n) is 2.52. The van der Waals surface area contributed by atoms with Gasteiger partial charge in [-0.15, -0.1) is 10.9 Å². The predicted octanol–water partition coefficient (Wildman–Crippen LogP) is 3.95. The van der Waals surface area contributed by atoms with E-state index in [2.05, 4.69) is 0 Å². The highest BCUT2D eigenvalue weighted by Crippen LogP contribution is 2.33. The first kappa shape index (κ1) is 15.2. The topological polar surface area (TPSA) is 60.7 Å². The Balaban J connectivity index is 2.12. The van der Waals surface area contributed by atoms with Crippen LogP contribution in [0.5, 0.6) is 11.5 Å². The fourth-order valence-corrected chi connectivity index (χ4v) is 3.18. The minimum absolute atomic E-state index is 0.0563. The highest BCUT2D eigenvalue weighted by molar-refractivity contribution is 7.96. The van der Waals surface area contributed by atoms with Gasteiger partial charge < -0.3 is 15.3 Å². The van der Waals surface area contributed by atoms with Gasteiger partial charge in [-0.3, -0.25) is 0 Å². The summed E-state index contributed by atoms with van der Waals surface area (Å²) in [4.78, 5) is 0. The van der Waals surface area contributed by atoms with Crippen molar-refractivity contribution in [2.45, 2.75) is 5.92 Å². The fraction of sp³-hybridized carbons (Fsp3) is 0.0526. The highest BCUT2D eigenvalue weighted by Gasteiger charge is 2.18.